The molecule has 0 aliphatic heterocycles. The second-order valence-electron chi connectivity index (χ2n) is 10.6. The molecule has 7 rings (SSSR count). The van der Waals surface area contributed by atoms with Crippen molar-refractivity contribution in [1.29, 1.82) is 0 Å². The lowest BCUT2D eigenvalue weighted by atomic mass is 9.91. The van der Waals surface area contributed by atoms with E-state index in [1.165, 1.54) is 44.5 Å². The first kappa shape index (κ1) is 26.3. The van der Waals surface area contributed by atoms with Crippen molar-refractivity contribution in [3.8, 4) is 44.5 Å². The van der Waals surface area contributed by atoms with Gasteiger partial charge in [-0.3, -0.25) is 0 Å². The maximum Gasteiger partial charge on any atom is 0.0467 e. The van der Waals surface area contributed by atoms with E-state index in [0.29, 0.717) is 0 Å². The van der Waals surface area contributed by atoms with Gasteiger partial charge in [-0.1, -0.05) is 146 Å². The van der Waals surface area contributed by atoms with Crippen molar-refractivity contribution < 1.29 is 0 Å². The van der Waals surface area contributed by atoms with Gasteiger partial charge >= 0.3 is 0 Å². The summed E-state index contributed by atoms with van der Waals surface area (Å²) in [5.41, 5.74) is 13.1. The summed E-state index contributed by atoms with van der Waals surface area (Å²) in [5, 5.41) is 0. The first-order valence-electron chi connectivity index (χ1n) is 14.7. The van der Waals surface area contributed by atoms with Gasteiger partial charge in [-0.05, 0) is 87.0 Å². The summed E-state index contributed by atoms with van der Waals surface area (Å²) in [7, 11) is 0. The minimum atomic E-state index is 1.12. The van der Waals surface area contributed by atoms with Gasteiger partial charge in [0.25, 0.3) is 0 Å². The Hall–Kier alpha value is -5.66. The van der Waals surface area contributed by atoms with E-state index in [2.05, 4.69) is 193 Å². The Morgan fingerprint density at radius 2 is 0.651 bits per heavy atom. The van der Waals surface area contributed by atoms with Gasteiger partial charge in [-0.2, -0.15) is 0 Å². The summed E-state index contributed by atoms with van der Waals surface area (Å²) in [6, 6.07) is 66.9. The van der Waals surface area contributed by atoms with Gasteiger partial charge in [0.15, 0.2) is 0 Å². The van der Waals surface area contributed by atoms with Gasteiger partial charge in [0.2, 0.25) is 0 Å². The highest BCUT2D eigenvalue weighted by Gasteiger charge is 2.14. The highest BCUT2D eigenvalue weighted by atomic mass is 15.1. The monoisotopic (exact) mass is 549 g/mol. The van der Waals surface area contributed by atoms with Crippen molar-refractivity contribution in [2.75, 3.05) is 4.90 Å². The molecule has 0 unspecified atom stereocenters. The zero-order valence-electron chi connectivity index (χ0n) is 23.8. The minimum Gasteiger partial charge on any atom is -0.310 e. The topological polar surface area (TPSA) is 3.24 Å². The van der Waals surface area contributed by atoms with Crippen LogP contribution in [0.2, 0.25) is 0 Å². The fraction of sp³-hybridized carbons (Fsp3) is 0. The third-order valence-electron chi connectivity index (χ3n) is 7.87. The van der Waals surface area contributed by atoms with Crippen LogP contribution in [0.4, 0.5) is 17.1 Å². The van der Waals surface area contributed by atoms with E-state index in [-0.39, 0.29) is 0 Å². The molecule has 0 atom stereocenters. The highest BCUT2D eigenvalue weighted by Crippen LogP contribution is 2.39. The van der Waals surface area contributed by atoms with Gasteiger partial charge in [0.05, 0.1) is 0 Å². The number of nitrogens with zero attached hydrogens (tertiary/aromatic N) is 1. The van der Waals surface area contributed by atoms with E-state index in [1.54, 1.807) is 0 Å². The van der Waals surface area contributed by atoms with Crippen LogP contribution in [0.3, 0.4) is 0 Å². The first-order chi connectivity index (χ1) is 21.3. The van der Waals surface area contributed by atoms with Crippen molar-refractivity contribution >= 4 is 17.1 Å². The molecule has 0 fully saturated rings. The molecule has 1 nitrogen and oxygen atoms in total. The number of hydrogen-bond acceptors (Lipinski definition) is 1. The normalized spacial score (nSPS) is 10.8. The standard InChI is InChI=1S/C42H31N/c1-5-14-32(15-6-1)36-20-13-23-40(30-36)43(38-21-11-4-12-22-38)39-27-24-33(25-28-39)37-26-29-41(34-16-7-2-8-17-34)42(31-37)35-18-9-3-10-19-35/h1-31H. The predicted molar refractivity (Wildman–Crippen MR) is 183 cm³/mol. The molecule has 0 heterocycles. The van der Waals surface area contributed by atoms with Crippen LogP contribution >= 0.6 is 0 Å². The summed E-state index contributed by atoms with van der Waals surface area (Å²) in [4.78, 5) is 2.32. The molecule has 7 aromatic rings. The lowest BCUT2D eigenvalue weighted by Crippen LogP contribution is -2.09. The first-order valence-corrected chi connectivity index (χ1v) is 14.7. The predicted octanol–water partition coefficient (Wildman–Crippen LogP) is 11.8. The Kier molecular flexibility index (Phi) is 7.36. The highest BCUT2D eigenvalue weighted by molar-refractivity contribution is 5.88. The molecule has 0 saturated heterocycles. The molecular weight excluding hydrogens is 518 g/mol. The van der Waals surface area contributed by atoms with E-state index in [0.717, 1.165) is 17.1 Å². The van der Waals surface area contributed by atoms with Crippen LogP contribution in [0.25, 0.3) is 44.5 Å². The number of para-hydroxylation sites is 1. The molecule has 204 valence electrons. The molecule has 0 aromatic heterocycles. The Bertz CT molecular complexity index is 1930. The zero-order chi connectivity index (χ0) is 28.8. The van der Waals surface area contributed by atoms with Crippen LogP contribution < -0.4 is 4.90 Å². The Morgan fingerprint density at radius 3 is 1.28 bits per heavy atom. The molecule has 0 bridgehead atoms. The maximum atomic E-state index is 2.32. The van der Waals surface area contributed by atoms with Crippen LogP contribution in [0, 0.1) is 0 Å². The van der Waals surface area contributed by atoms with E-state index in [9.17, 15) is 0 Å². The molecule has 1 heteroatoms. The second-order valence-corrected chi connectivity index (χ2v) is 10.6. The molecule has 43 heavy (non-hydrogen) atoms. The molecule has 7 aromatic carbocycles. The van der Waals surface area contributed by atoms with Crippen molar-refractivity contribution in [2.45, 2.75) is 0 Å². The summed E-state index contributed by atoms with van der Waals surface area (Å²) in [6.45, 7) is 0. The van der Waals surface area contributed by atoms with Gasteiger partial charge < -0.3 is 4.90 Å². The van der Waals surface area contributed by atoms with Gasteiger partial charge in [0, 0.05) is 17.1 Å². The van der Waals surface area contributed by atoms with Crippen LogP contribution in [0.15, 0.2) is 188 Å². The zero-order valence-corrected chi connectivity index (χ0v) is 23.8. The molecule has 0 aliphatic carbocycles. The van der Waals surface area contributed by atoms with Crippen LogP contribution in [-0.4, -0.2) is 0 Å². The SMILES string of the molecule is c1ccc(-c2cccc(N(c3ccccc3)c3ccc(-c4ccc(-c5ccccc5)c(-c5ccccc5)c4)cc3)c2)cc1. The molecule has 0 N–H and O–H groups in total. The number of rotatable bonds is 7. The van der Waals surface area contributed by atoms with Crippen molar-refractivity contribution in [2.24, 2.45) is 0 Å². The third-order valence-corrected chi connectivity index (χ3v) is 7.87. The van der Waals surface area contributed by atoms with Gasteiger partial charge in [-0.15, -0.1) is 0 Å². The average Bonchev–Trinajstić information content (AvgIpc) is 3.10. The third kappa shape index (κ3) is 5.62. The molecule has 0 radical (unpaired) electrons. The fourth-order valence-electron chi connectivity index (χ4n) is 5.73. The average molecular weight is 550 g/mol. The largest absolute Gasteiger partial charge is 0.310 e. The van der Waals surface area contributed by atoms with Crippen LogP contribution in [0.1, 0.15) is 0 Å². The summed E-state index contributed by atoms with van der Waals surface area (Å²) < 4.78 is 0. The second kappa shape index (κ2) is 12.1. The summed E-state index contributed by atoms with van der Waals surface area (Å²) in [6.07, 6.45) is 0. The number of anilines is 3. The van der Waals surface area contributed by atoms with Crippen molar-refractivity contribution in [1.82, 2.24) is 0 Å². The number of hydrogen-bond donors (Lipinski definition) is 0. The molecule has 0 spiro atoms. The minimum absolute atomic E-state index is 1.12. The molecule has 0 amide bonds. The van der Waals surface area contributed by atoms with Crippen molar-refractivity contribution in [3.05, 3.63) is 188 Å². The van der Waals surface area contributed by atoms with Crippen LogP contribution in [0.5, 0.6) is 0 Å². The Labute approximate surface area is 254 Å². The van der Waals surface area contributed by atoms with Crippen molar-refractivity contribution in [3.63, 3.8) is 0 Å². The summed E-state index contributed by atoms with van der Waals surface area (Å²) >= 11 is 0. The van der Waals surface area contributed by atoms with E-state index < -0.39 is 0 Å². The smallest absolute Gasteiger partial charge is 0.0467 e. The number of benzene rings is 7. The lowest BCUT2D eigenvalue weighted by molar-refractivity contribution is 1.28. The quantitative estimate of drug-likeness (QED) is 0.191. The Morgan fingerprint density at radius 1 is 0.233 bits per heavy atom. The molecule has 0 aliphatic rings. The maximum absolute atomic E-state index is 2.32. The summed E-state index contributed by atoms with van der Waals surface area (Å²) in [5.74, 6) is 0. The van der Waals surface area contributed by atoms with Gasteiger partial charge in [0.1, 0.15) is 0 Å². The molecular formula is C42H31N. The lowest BCUT2D eigenvalue weighted by Gasteiger charge is -2.26. The molecule has 0 saturated carbocycles. The van der Waals surface area contributed by atoms with E-state index >= 15 is 0 Å². The Balaban J connectivity index is 1.28. The van der Waals surface area contributed by atoms with Crippen LogP contribution in [-0.2, 0) is 0 Å². The van der Waals surface area contributed by atoms with E-state index in [4.69, 9.17) is 0 Å². The van der Waals surface area contributed by atoms with Gasteiger partial charge in [-0.25, -0.2) is 0 Å². The van der Waals surface area contributed by atoms with E-state index in [1.807, 2.05) is 0 Å². The fourth-order valence-corrected chi connectivity index (χ4v) is 5.73.